The molecule has 0 atom stereocenters. The minimum Gasteiger partial charge on any atom is -0.357 e. The third-order valence-electron chi connectivity index (χ3n) is 4.85. The summed E-state index contributed by atoms with van der Waals surface area (Å²) in [7, 11) is 0. The first-order chi connectivity index (χ1) is 11.3. The van der Waals surface area contributed by atoms with Crippen molar-refractivity contribution in [1.82, 2.24) is 15.1 Å². The number of hydrogen-bond acceptors (Lipinski definition) is 4. The molecule has 0 unspecified atom stereocenters. The summed E-state index contributed by atoms with van der Waals surface area (Å²) < 4.78 is 0. The van der Waals surface area contributed by atoms with Gasteiger partial charge < -0.3 is 20.4 Å². The quantitative estimate of drug-likeness (QED) is 0.833. The maximum Gasteiger partial charge on any atom is 0.321 e. The Morgan fingerprint density at radius 1 is 1.30 bits per heavy atom. The third kappa shape index (κ3) is 1.87. The average molecular weight is 307 g/mol. The molecule has 2 amide bonds. The molecule has 6 nitrogen and oxygen atoms in total. The number of allylic oxidation sites excluding steroid dienone is 1. The maximum atomic E-state index is 12.1. The second-order valence-electron chi connectivity index (χ2n) is 6.21. The lowest BCUT2D eigenvalue weighted by molar-refractivity contribution is 0.181. The van der Waals surface area contributed by atoms with Gasteiger partial charge in [0.25, 0.3) is 0 Å². The summed E-state index contributed by atoms with van der Waals surface area (Å²) in [5.41, 5.74) is 5.75. The van der Waals surface area contributed by atoms with Crippen molar-refractivity contribution in [2.24, 2.45) is 4.99 Å². The number of fused-ring (bicyclic) bond motifs is 4. The fourth-order valence-corrected chi connectivity index (χ4v) is 3.48. The standard InChI is InChI=1S/C17H17N5O/c23-17(21-5-1-6-21)20-12-2-3-13-11(8-12)9-14-16(13)19-10-15-18-4-7-22(14)15/h2-4,8,10,19H,1,5-7,9H2,(H,20,23). The molecule has 0 saturated carbocycles. The van der Waals surface area contributed by atoms with Crippen molar-refractivity contribution in [3.63, 3.8) is 0 Å². The van der Waals surface area contributed by atoms with Crippen LogP contribution in [0.15, 0.2) is 40.9 Å². The Kier molecular flexibility index (Phi) is 2.56. The molecule has 23 heavy (non-hydrogen) atoms. The van der Waals surface area contributed by atoms with Crippen LogP contribution in [0.1, 0.15) is 17.5 Å². The number of carbonyl (C=O) groups excluding carboxylic acids is 1. The smallest absolute Gasteiger partial charge is 0.321 e. The van der Waals surface area contributed by atoms with Gasteiger partial charge in [0.2, 0.25) is 0 Å². The van der Waals surface area contributed by atoms with Crippen LogP contribution in [0.3, 0.4) is 0 Å². The largest absolute Gasteiger partial charge is 0.357 e. The first-order valence-corrected chi connectivity index (χ1v) is 7.99. The van der Waals surface area contributed by atoms with E-state index in [1.165, 1.54) is 16.8 Å². The normalized spacial score (nSPS) is 20.4. The molecule has 3 aliphatic heterocycles. The molecule has 0 radical (unpaired) electrons. The summed E-state index contributed by atoms with van der Waals surface area (Å²) in [5.74, 6) is 0.975. The van der Waals surface area contributed by atoms with Gasteiger partial charge in [0, 0.05) is 48.9 Å². The highest BCUT2D eigenvalue weighted by molar-refractivity contribution is 5.90. The zero-order chi connectivity index (χ0) is 15.4. The number of rotatable bonds is 1. The van der Waals surface area contributed by atoms with Crippen LogP contribution in [0.5, 0.6) is 0 Å². The fourth-order valence-electron chi connectivity index (χ4n) is 3.48. The van der Waals surface area contributed by atoms with Crippen molar-refractivity contribution in [3.05, 3.63) is 47.0 Å². The predicted molar refractivity (Wildman–Crippen MR) is 88.7 cm³/mol. The molecule has 2 N–H and O–H groups in total. The van der Waals surface area contributed by atoms with E-state index in [9.17, 15) is 4.79 Å². The zero-order valence-electron chi connectivity index (χ0n) is 12.7. The summed E-state index contributed by atoms with van der Waals surface area (Å²) >= 11 is 0. The Morgan fingerprint density at radius 3 is 3.04 bits per heavy atom. The highest BCUT2D eigenvalue weighted by atomic mass is 16.2. The Morgan fingerprint density at radius 2 is 2.22 bits per heavy atom. The SMILES string of the molecule is O=C(Nc1ccc2c(c1)CC1=C2NC=C2N=CCN21)N1CCC1. The molecule has 6 heteroatoms. The van der Waals surface area contributed by atoms with Crippen LogP contribution in [0.25, 0.3) is 5.70 Å². The summed E-state index contributed by atoms with van der Waals surface area (Å²) in [6.45, 7) is 2.55. The summed E-state index contributed by atoms with van der Waals surface area (Å²) in [5, 5.41) is 6.37. The van der Waals surface area contributed by atoms with Crippen LogP contribution in [-0.2, 0) is 6.42 Å². The van der Waals surface area contributed by atoms with Gasteiger partial charge in [-0.2, -0.15) is 0 Å². The van der Waals surface area contributed by atoms with Crippen LogP contribution < -0.4 is 10.6 Å². The molecule has 116 valence electrons. The molecule has 1 aromatic carbocycles. The van der Waals surface area contributed by atoms with Gasteiger partial charge in [0.05, 0.1) is 12.2 Å². The van der Waals surface area contributed by atoms with Gasteiger partial charge in [-0.25, -0.2) is 9.79 Å². The third-order valence-corrected chi connectivity index (χ3v) is 4.85. The van der Waals surface area contributed by atoms with Gasteiger partial charge in [-0.1, -0.05) is 6.07 Å². The van der Waals surface area contributed by atoms with Crippen LogP contribution in [-0.4, -0.2) is 41.7 Å². The van der Waals surface area contributed by atoms with Crippen LogP contribution in [0.4, 0.5) is 10.5 Å². The minimum absolute atomic E-state index is 0.00180. The first kappa shape index (κ1) is 12.8. The molecule has 3 heterocycles. The van der Waals surface area contributed by atoms with Crippen molar-refractivity contribution in [1.29, 1.82) is 0 Å². The van der Waals surface area contributed by atoms with Crippen LogP contribution in [0.2, 0.25) is 0 Å². The number of hydrogen-bond donors (Lipinski definition) is 2. The van der Waals surface area contributed by atoms with E-state index < -0.39 is 0 Å². The molecule has 1 fully saturated rings. The number of carbonyl (C=O) groups is 1. The van der Waals surface area contributed by atoms with Gasteiger partial charge in [-0.15, -0.1) is 0 Å². The van der Waals surface area contributed by atoms with Gasteiger partial charge in [-0.05, 0) is 24.1 Å². The molecule has 1 saturated heterocycles. The van der Waals surface area contributed by atoms with E-state index in [2.05, 4.69) is 32.7 Å². The number of likely N-dealkylation sites (tertiary alicyclic amines) is 1. The Labute approximate surface area is 134 Å². The van der Waals surface area contributed by atoms with Crippen molar-refractivity contribution < 1.29 is 4.79 Å². The second-order valence-corrected chi connectivity index (χ2v) is 6.21. The lowest BCUT2D eigenvalue weighted by Crippen LogP contribution is -2.44. The first-order valence-electron chi connectivity index (χ1n) is 7.99. The van der Waals surface area contributed by atoms with Gasteiger partial charge in [-0.3, -0.25) is 0 Å². The maximum absolute atomic E-state index is 12.1. The Balaban J connectivity index is 1.39. The van der Waals surface area contributed by atoms with Gasteiger partial charge in [0.1, 0.15) is 5.82 Å². The number of aliphatic imine (C=N–C) groups is 1. The molecule has 5 rings (SSSR count). The number of amides is 2. The molecule has 1 aliphatic carbocycles. The topological polar surface area (TPSA) is 60.0 Å². The number of nitrogens with zero attached hydrogens (tertiary/aromatic N) is 3. The monoisotopic (exact) mass is 307 g/mol. The van der Waals surface area contributed by atoms with E-state index in [0.717, 1.165) is 49.7 Å². The molecular weight excluding hydrogens is 290 g/mol. The highest BCUT2D eigenvalue weighted by Crippen LogP contribution is 2.38. The molecule has 4 aliphatic rings. The average Bonchev–Trinajstić information content (AvgIpc) is 3.07. The van der Waals surface area contributed by atoms with Crippen molar-refractivity contribution >= 4 is 23.6 Å². The van der Waals surface area contributed by atoms with E-state index in [1.807, 2.05) is 23.4 Å². The fraction of sp³-hybridized carbons (Fsp3) is 0.294. The van der Waals surface area contributed by atoms with E-state index >= 15 is 0 Å². The summed E-state index contributed by atoms with van der Waals surface area (Å²) in [6.07, 6.45) is 5.86. The number of nitrogens with one attached hydrogen (secondary N) is 2. The Hall–Kier alpha value is -2.76. The van der Waals surface area contributed by atoms with E-state index in [4.69, 9.17) is 0 Å². The number of anilines is 1. The lowest BCUT2D eigenvalue weighted by atomic mass is 10.1. The molecule has 0 bridgehead atoms. The molecular formula is C17H17N5O. The van der Waals surface area contributed by atoms with E-state index in [0.29, 0.717) is 0 Å². The second kappa shape index (κ2) is 4.62. The molecule has 0 spiro atoms. The minimum atomic E-state index is 0.00180. The van der Waals surface area contributed by atoms with Crippen molar-refractivity contribution in [2.45, 2.75) is 12.8 Å². The number of urea groups is 1. The predicted octanol–water partition coefficient (Wildman–Crippen LogP) is 1.94. The van der Waals surface area contributed by atoms with E-state index in [-0.39, 0.29) is 6.03 Å². The zero-order valence-corrected chi connectivity index (χ0v) is 12.7. The summed E-state index contributed by atoms with van der Waals surface area (Å²) in [6, 6.07) is 6.16. The molecule has 1 aromatic rings. The van der Waals surface area contributed by atoms with Gasteiger partial charge >= 0.3 is 6.03 Å². The van der Waals surface area contributed by atoms with Crippen LogP contribution in [0, 0.1) is 0 Å². The highest BCUT2D eigenvalue weighted by Gasteiger charge is 2.31. The van der Waals surface area contributed by atoms with E-state index in [1.54, 1.807) is 0 Å². The van der Waals surface area contributed by atoms with Crippen LogP contribution >= 0.6 is 0 Å². The van der Waals surface area contributed by atoms with Crippen molar-refractivity contribution in [3.8, 4) is 0 Å². The molecule has 0 aromatic heterocycles. The Bertz CT molecular complexity index is 803. The number of benzene rings is 1. The lowest BCUT2D eigenvalue weighted by Gasteiger charge is -2.30. The van der Waals surface area contributed by atoms with Gasteiger partial charge in [0.15, 0.2) is 0 Å². The van der Waals surface area contributed by atoms with Crippen molar-refractivity contribution in [2.75, 3.05) is 25.0 Å². The summed E-state index contributed by atoms with van der Waals surface area (Å²) in [4.78, 5) is 20.5.